The number of nitrogens with zero attached hydrogens (tertiary/aromatic N) is 1. The third kappa shape index (κ3) is 3.63. The average Bonchev–Trinajstić information content (AvgIpc) is 2.28. The summed E-state index contributed by atoms with van der Waals surface area (Å²) in [7, 11) is 0. The molecule has 1 rings (SSSR count). The van der Waals surface area contributed by atoms with Gasteiger partial charge in [0.2, 0.25) is 0 Å². The van der Waals surface area contributed by atoms with Crippen molar-refractivity contribution >= 4 is 5.69 Å². The molecule has 0 heterocycles. The van der Waals surface area contributed by atoms with E-state index in [9.17, 15) is 10.2 Å². The van der Waals surface area contributed by atoms with Gasteiger partial charge in [-0.1, -0.05) is 19.9 Å². The van der Waals surface area contributed by atoms with Crippen LogP contribution in [0.5, 0.6) is 5.75 Å². The third-order valence-corrected chi connectivity index (χ3v) is 2.82. The number of rotatable bonds is 6. The summed E-state index contributed by atoms with van der Waals surface area (Å²) in [6.45, 7) is 7.92. The highest BCUT2D eigenvalue weighted by molar-refractivity contribution is 5.53. The molecule has 0 spiro atoms. The van der Waals surface area contributed by atoms with Gasteiger partial charge in [-0.25, -0.2) is 0 Å². The first-order chi connectivity index (χ1) is 8.10. The van der Waals surface area contributed by atoms with Gasteiger partial charge in [0.05, 0.1) is 6.10 Å². The molecule has 3 nitrogen and oxygen atoms in total. The largest absolute Gasteiger partial charge is 0.507 e. The lowest BCUT2D eigenvalue weighted by Gasteiger charge is -2.24. The van der Waals surface area contributed by atoms with Gasteiger partial charge in [0.1, 0.15) is 5.75 Å². The van der Waals surface area contributed by atoms with Crippen LogP contribution >= 0.6 is 0 Å². The second-order valence-corrected chi connectivity index (χ2v) is 4.41. The van der Waals surface area contributed by atoms with Gasteiger partial charge in [-0.15, -0.1) is 0 Å². The second kappa shape index (κ2) is 6.50. The fraction of sp³-hybridized carbons (Fsp3) is 0.571. The van der Waals surface area contributed by atoms with Gasteiger partial charge in [-0.05, 0) is 25.8 Å². The number of aliphatic hydroxyl groups excluding tert-OH is 1. The van der Waals surface area contributed by atoms with E-state index in [2.05, 4.69) is 18.7 Å². The summed E-state index contributed by atoms with van der Waals surface area (Å²) in [5.74, 6) is 0.176. The van der Waals surface area contributed by atoms with E-state index in [0.29, 0.717) is 5.56 Å². The van der Waals surface area contributed by atoms with Crippen molar-refractivity contribution in [3.63, 3.8) is 0 Å². The molecule has 0 aliphatic rings. The number of benzene rings is 1. The molecule has 0 saturated heterocycles. The molecule has 96 valence electrons. The molecule has 1 aromatic rings. The summed E-state index contributed by atoms with van der Waals surface area (Å²) in [6.07, 6.45) is 1.53. The maximum absolute atomic E-state index is 9.86. The van der Waals surface area contributed by atoms with Crippen LogP contribution in [0.2, 0.25) is 0 Å². The number of phenolic OH excluding ortho intramolecular Hbond substituents is 1. The van der Waals surface area contributed by atoms with Gasteiger partial charge in [0, 0.05) is 30.4 Å². The zero-order valence-corrected chi connectivity index (χ0v) is 11.0. The Morgan fingerprint density at radius 1 is 1.18 bits per heavy atom. The van der Waals surface area contributed by atoms with Gasteiger partial charge in [-0.2, -0.15) is 0 Å². The minimum absolute atomic E-state index is 0.176. The monoisotopic (exact) mass is 237 g/mol. The molecule has 1 unspecified atom stereocenters. The highest BCUT2D eigenvalue weighted by Crippen LogP contribution is 2.29. The normalized spacial score (nSPS) is 12.5. The van der Waals surface area contributed by atoms with Crippen LogP contribution in [0.3, 0.4) is 0 Å². The Bertz CT molecular complexity index is 344. The Kier molecular flexibility index (Phi) is 5.29. The minimum atomic E-state index is -0.630. The first-order valence-corrected chi connectivity index (χ1v) is 6.36. The molecule has 0 aliphatic carbocycles. The minimum Gasteiger partial charge on any atom is -0.507 e. The van der Waals surface area contributed by atoms with Crippen LogP contribution in [0, 0.1) is 0 Å². The topological polar surface area (TPSA) is 43.7 Å². The van der Waals surface area contributed by atoms with E-state index in [1.165, 1.54) is 0 Å². The van der Waals surface area contributed by atoms with E-state index in [-0.39, 0.29) is 5.75 Å². The van der Waals surface area contributed by atoms with E-state index in [1.54, 1.807) is 19.1 Å². The maximum Gasteiger partial charge on any atom is 0.123 e. The number of aromatic hydroxyl groups is 1. The van der Waals surface area contributed by atoms with Gasteiger partial charge < -0.3 is 15.1 Å². The Morgan fingerprint density at radius 2 is 1.76 bits per heavy atom. The molecule has 0 aliphatic heterocycles. The fourth-order valence-corrected chi connectivity index (χ4v) is 1.99. The van der Waals surface area contributed by atoms with Crippen molar-refractivity contribution in [2.75, 3.05) is 18.0 Å². The number of anilines is 1. The molecule has 2 N–H and O–H groups in total. The van der Waals surface area contributed by atoms with Gasteiger partial charge >= 0.3 is 0 Å². The standard InChI is InChI=1S/C14H23NO2/c1-4-8-15(9-5-2)12-6-7-13(11(3)16)14(17)10-12/h6-7,10-11,16-17H,4-5,8-9H2,1-3H3. The molecule has 1 aromatic carbocycles. The van der Waals surface area contributed by atoms with Crippen LogP contribution in [0.1, 0.15) is 45.3 Å². The SMILES string of the molecule is CCCN(CCC)c1ccc(C(C)O)c(O)c1. The van der Waals surface area contributed by atoms with Crippen LogP contribution in [0.15, 0.2) is 18.2 Å². The first-order valence-electron chi connectivity index (χ1n) is 6.36. The number of phenols is 1. The quantitative estimate of drug-likeness (QED) is 0.799. The number of aliphatic hydroxyl groups is 1. The molecule has 0 aromatic heterocycles. The Balaban J connectivity index is 2.93. The van der Waals surface area contributed by atoms with Crippen molar-refractivity contribution in [1.29, 1.82) is 0 Å². The van der Waals surface area contributed by atoms with E-state index in [1.807, 2.05) is 6.07 Å². The summed E-state index contributed by atoms with van der Waals surface area (Å²) < 4.78 is 0. The molecule has 17 heavy (non-hydrogen) atoms. The number of hydrogen-bond acceptors (Lipinski definition) is 3. The molecule has 0 fully saturated rings. The third-order valence-electron chi connectivity index (χ3n) is 2.82. The smallest absolute Gasteiger partial charge is 0.123 e. The highest BCUT2D eigenvalue weighted by Gasteiger charge is 2.10. The van der Waals surface area contributed by atoms with Crippen LogP contribution in [-0.4, -0.2) is 23.3 Å². The molecule has 0 bridgehead atoms. The van der Waals surface area contributed by atoms with Crippen molar-refractivity contribution in [2.45, 2.75) is 39.7 Å². The first kappa shape index (κ1) is 13.8. The molecular weight excluding hydrogens is 214 g/mol. The van der Waals surface area contributed by atoms with Crippen molar-refractivity contribution in [3.8, 4) is 5.75 Å². The molecule has 0 saturated carbocycles. The summed E-state index contributed by atoms with van der Waals surface area (Å²) in [6, 6.07) is 5.51. The van der Waals surface area contributed by atoms with Crippen LogP contribution in [0.25, 0.3) is 0 Å². The van der Waals surface area contributed by atoms with Gasteiger partial charge in [-0.3, -0.25) is 0 Å². The lowest BCUT2D eigenvalue weighted by molar-refractivity contribution is 0.195. The lowest BCUT2D eigenvalue weighted by Crippen LogP contribution is -2.24. The molecule has 1 atom stereocenters. The van der Waals surface area contributed by atoms with E-state index >= 15 is 0 Å². The predicted molar refractivity (Wildman–Crippen MR) is 71.5 cm³/mol. The van der Waals surface area contributed by atoms with Crippen molar-refractivity contribution < 1.29 is 10.2 Å². The van der Waals surface area contributed by atoms with Crippen LogP contribution in [0.4, 0.5) is 5.69 Å². The molecule has 0 radical (unpaired) electrons. The van der Waals surface area contributed by atoms with Gasteiger partial charge in [0.15, 0.2) is 0 Å². The summed E-state index contributed by atoms with van der Waals surface area (Å²) in [5.41, 5.74) is 1.61. The highest BCUT2D eigenvalue weighted by atomic mass is 16.3. The zero-order valence-electron chi connectivity index (χ0n) is 11.0. The summed E-state index contributed by atoms with van der Waals surface area (Å²) in [5, 5.41) is 19.3. The summed E-state index contributed by atoms with van der Waals surface area (Å²) in [4.78, 5) is 2.26. The van der Waals surface area contributed by atoms with E-state index < -0.39 is 6.10 Å². The van der Waals surface area contributed by atoms with Crippen LogP contribution in [-0.2, 0) is 0 Å². The Morgan fingerprint density at radius 3 is 2.18 bits per heavy atom. The number of hydrogen-bond donors (Lipinski definition) is 2. The molecule has 3 heteroatoms. The average molecular weight is 237 g/mol. The van der Waals surface area contributed by atoms with E-state index in [0.717, 1.165) is 31.6 Å². The van der Waals surface area contributed by atoms with Crippen LogP contribution < -0.4 is 4.90 Å². The maximum atomic E-state index is 9.86. The molecular formula is C14H23NO2. The fourth-order valence-electron chi connectivity index (χ4n) is 1.99. The lowest BCUT2D eigenvalue weighted by atomic mass is 10.1. The van der Waals surface area contributed by atoms with Crippen molar-refractivity contribution in [3.05, 3.63) is 23.8 Å². The second-order valence-electron chi connectivity index (χ2n) is 4.41. The van der Waals surface area contributed by atoms with Gasteiger partial charge in [0.25, 0.3) is 0 Å². The van der Waals surface area contributed by atoms with Crippen molar-refractivity contribution in [1.82, 2.24) is 0 Å². The Labute approximate surface area is 104 Å². The Hall–Kier alpha value is -1.22. The predicted octanol–water partition coefficient (Wildman–Crippen LogP) is 3.07. The summed E-state index contributed by atoms with van der Waals surface area (Å²) >= 11 is 0. The van der Waals surface area contributed by atoms with E-state index in [4.69, 9.17) is 0 Å². The molecule has 0 amide bonds. The zero-order chi connectivity index (χ0) is 12.8. The van der Waals surface area contributed by atoms with Crippen molar-refractivity contribution in [2.24, 2.45) is 0 Å².